The maximum absolute atomic E-state index is 14.6. The molecule has 3 heterocycles. The van der Waals surface area contributed by atoms with Crippen molar-refractivity contribution in [2.75, 3.05) is 41.8 Å². The number of aliphatic hydroxyl groups is 1. The van der Waals surface area contributed by atoms with Crippen molar-refractivity contribution < 1.29 is 14.6 Å². The van der Waals surface area contributed by atoms with Crippen LogP contribution >= 0.6 is 0 Å². The van der Waals surface area contributed by atoms with E-state index in [1.165, 1.54) is 0 Å². The van der Waals surface area contributed by atoms with Gasteiger partial charge in [-0.1, -0.05) is 18.1 Å². The number of benzene rings is 1. The summed E-state index contributed by atoms with van der Waals surface area (Å²) in [5.41, 5.74) is 7.93. The molecule has 1 saturated heterocycles. The molecule has 1 aliphatic heterocycles. The topological polar surface area (TPSA) is 125 Å². The number of para-hydroxylation sites is 1. The molecule has 9 nitrogen and oxygen atoms in total. The predicted octanol–water partition coefficient (Wildman–Crippen LogP) is 1.81. The number of aromatic hydroxyl groups is 1. The molecular formula is C23H24FN7O2. The second-order valence-electron chi connectivity index (χ2n) is 7.66. The molecule has 2 aromatic heterocycles. The van der Waals surface area contributed by atoms with Gasteiger partial charge in [0, 0.05) is 31.2 Å². The van der Waals surface area contributed by atoms with E-state index in [9.17, 15) is 9.50 Å². The molecule has 33 heavy (non-hydrogen) atoms. The number of phenols is 1. The molecule has 1 atom stereocenters. The highest BCUT2D eigenvalue weighted by molar-refractivity contribution is 5.74. The molecule has 1 aliphatic rings. The normalized spacial score (nSPS) is 16.2. The molecule has 0 radical (unpaired) electrons. The Hall–Kier alpha value is -3.97. The lowest BCUT2D eigenvalue weighted by Crippen LogP contribution is -2.36. The lowest BCUT2D eigenvalue weighted by atomic mass is 10.1. The molecular weight excluding hydrogens is 425 g/mol. The number of anilines is 3. The van der Waals surface area contributed by atoms with Gasteiger partial charge in [-0.2, -0.15) is 0 Å². The Morgan fingerprint density at radius 1 is 1.21 bits per heavy atom. The van der Waals surface area contributed by atoms with Crippen LogP contribution in [0.5, 0.6) is 5.75 Å². The summed E-state index contributed by atoms with van der Waals surface area (Å²) in [6, 6.07) is 8.71. The van der Waals surface area contributed by atoms with E-state index in [2.05, 4.69) is 36.9 Å². The van der Waals surface area contributed by atoms with Crippen molar-refractivity contribution in [2.45, 2.75) is 19.4 Å². The van der Waals surface area contributed by atoms with E-state index in [-0.39, 0.29) is 35.9 Å². The summed E-state index contributed by atoms with van der Waals surface area (Å²) in [4.78, 5) is 12.1. The molecule has 1 aromatic carbocycles. The van der Waals surface area contributed by atoms with Gasteiger partial charge < -0.3 is 25.7 Å². The predicted molar refractivity (Wildman–Crippen MR) is 123 cm³/mol. The highest BCUT2D eigenvalue weighted by Crippen LogP contribution is 2.32. The van der Waals surface area contributed by atoms with Crippen LogP contribution in [0, 0.1) is 17.7 Å². The number of hydrogen-bond donors (Lipinski definition) is 3. The van der Waals surface area contributed by atoms with Gasteiger partial charge >= 0.3 is 0 Å². The quantitative estimate of drug-likeness (QED) is 0.514. The minimum absolute atomic E-state index is 0.00768. The van der Waals surface area contributed by atoms with Crippen LogP contribution in [0.3, 0.4) is 0 Å². The first-order valence-corrected chi connectivity index (χ1v) is 10.5. The number of phenolic OH excluding ortho intramolecular Hbond substituents is 1. The van der Waals surface area contributed by atoms with Crippen LogP contribution in [0.2, 0.25) is 0 Å². The zero-order valence-corrected chi connectivity index (χ0v) is 18.1. The molecule has 1 fully saturated rings. The van der Waals surface area contributed by atoms with E-state index in [1.807, 2.05) is 24.0 Å². The smallest absolute Gasteiger partial charge is 0.207 e. The van der Waals surface area contributed by atoms with Crippen molar-refractivity contribution in [1.29, 1.82) is 0 Å². The third kappa shape index (κ3) is 4.78. The van der Waals surface area contributed by atoms with Gasteiger partial charge in [0.05, 0.1) is 17.6 Å². The van der Waals surface area contributed by atoms with Crippen LogP contribution in [0.4, 0.5) is 21.7 Å². The molecule has 0 amide bonds. The van der Waals surface area contributed by atoms with E-state index in [4.69, 9.17) is 10.8 Å². The Morgan fingerprint density at radius 3 is 2.82 bits per heavy atom. The second kappa shape index (κ2) is 9.67. The molecule has 0 spiro atoms. The van der Waals surface area contributed by atoms with Crippen molar-refractivity contribution >= 4 is 17.3 Å². The number of nitrogens with zero attached hydrogens (tertiary/aromatic N) is 6. The Morgan fingerprint density at radius 2 is 2.03 bits per heavy atom. The number of rotatable bonds is 3. The van der Waals surface area contributed by atoms with Gasteiger partial charge in [-0.05, 0) is 37.5 Å². The molecule has 170 valence electrons. The lowest BCUT2D eigenvalue weighted by Gasteiger charge is -2.28. The fraction of sp³-hybridized carbons (Fsp3) is 0.304. The van der Waals surface area contributed by atoms with E-state index < -0.39 is 5.82 Å². The van der Waals surface area contributed by atoms with Crippen LogP contribution in [-0.2, 0) is 0 Å². The van der Waals surface area contributed by atoms with Crippen LogP contribution in [0.25, 0.3) is 11.3 Å². The summed E-state index contributed by atoms with van der Waals surface area (Å²) < 4.78 is 14.6. The molecule has 1 unspecified atom stereocenters. The fourth-order valence-electron chi connectivity index (χ4n) is 3.82. The van der Waals surface area contributed by atoms with E-state index in [0.29, 0.717) is 36.6 Å². The maximum atomic E-state index is 14.6. The largest absolute Gasteiger partial charge is 0.507 e. The maximum Gasteiger partial charge on any atom is 0.207 e. The molecule has 0 saturated carbocycles. The highest BCUT2D eigenvalue weighted by Gasteiger charge is 2.26. The summed E-state index contributed by atoms with van der Waals surface area (Å²) in [5, 5.41) is 27.3. The first-order chi connectivity index (χ1) is 16.0. The SMILES string of the molecule is CC1CCN(c2cc(-c3ccccc3O)nnc2N)CCN1c1nc(C#CCO)ncc1F. The Bertz CT molecular complexity index is 1210. The fourth-order valence-corrected chi connectivity index (χ4v) is 3.82. The molecule has 0 aliphatic carbocycles. The number of halogens is 1. The van der Waals surface area contributed by atoms with Crippen molar-refractivity contribution in [1.82, 2.24) is 20.2 Å². The summed E-state index contributed by atoms with van der Waals surface area (Å²) in [6.07, 6.45) is 1.82. The Balaban J connectivity index is 1.61. The van der Waals surface area contributed by atoms with Gasteiger partial charge in [0.1, 0.15) is 12.4 Å². The highest BCUT2D eigenvalue weighted by atomic mass is 19.1. The summed E-state index contributed by atoms with van der Waals surface area (Å²) in [7, 11) is 0. The first-order valence-electron chi connectivity index (χ1n) is 10.5. The van der Waals surface area contributed by atoms with Crippen molar-refractivity contribution in [3.05, 3.63) is 48.2 Å². The van der Waals surface area contributed by atoms with Crippen molar-refractivity contribution in [3.63, 3.8) is 0 Å². The van der Waals surface area contributed by atoms with E-state index >= 15 is 0 Å². The molecule has 4 rings (SSSR count). The van der Waals surface area contributed by atoms with Gasteiger partial charge in [0.25, 0.3) is 0 Å². The van der Waals surface area contributed by atoms with Gasteiger partial charge in [-0.3, -0.25) is 0 Å². The van der Waals surface area contributed by atoms with Gasteiger partial charge in [0.15, 0.2) is 17.5 Å². The number of nitrogens with two attached hydrogens (primary N) is 1. The third-order valence-corrected chi connectivity index (χ3v) is 5.56. The summed E-state index contributed by atoms with van der Waals surface area (Å²) >= 11 is 0. The second-order valence-corrected chi connectivity index (χ2v) is 7.66. The van der Waals surface area contributed by atoms with Crippen molar-refractivity contribution in [2.24, 2.45) is 0 Å². The number of hydrogen-bond acceptors (Lipinski definition) is 9. The minimum Gasteiger partial charge on any atom is -0.507 e. The molecule has 4 N–H and O–H groups in total. The van der Waals surface area contributed by atoms with E-state index in [1.54, 1.807) is 18.2 Å². The standard InChI is InChI=1S/C23H24FN7O2/c1-15-8-9-30(10-11-31(15)23-17(24)14-26-21(27-23)7-4-12-32)19-13-18(28-29-22(19)25)16-5-2-3-6-20(16)33/h2-3,5-6,13-15,32-33H,8-12H2,1H3,(H2,25,29). The van der Waals surface area contributed by atoms with Crippen LogP contribution < -0.4 is 15.5 Å². The number of nitrogen functional groups attached to an aromatic ring is 1. The third-order valence-electron chi connectivity index (χ3n) is 5.56. The molecule has 10 heteroatoms. The average molecular weight is 449 g/mol. The van der Waals surface area contributed by atoms with E-state index in [0.717, 1.165) is 12.6 Å². The lowest BCUT2D eigenvalue weighted by molar-refractivity contribution is 0.350. The zero-order chi connectivity index (χ0) is 23.4. The number of aromatic nitrogens is 4. The molecule has 3 aromatic rings. The summed E-state index contributed by atoms with van der Waals surface area (Å²) in [5.74, 6) is 5.30. The number of aliphatic hydroxyl groups excluding tert-OH is 1. The van der Waals surface area contributed by atoms with Crippen molar-refractivity contribution in [3.8, 4) is 28.8 Å². The minimum atomic E-state index is -0.531. The van der Waals surface area contributed by atoms with Gasteiger partial charge in [0.2, 0.25) is 5.82 Å². The zero-order valence-electron chi connectivity index (χ0n) is 18.1. The monoisotopic (exact) mass is 449 g/mol. The first kappa shape index (κ1) is 22.2. The average Bonchev–Trinajstić information content (AvgIpc) is 3.01. The Kier molecular flexibility index (Phi) is 6.51. The van der Waals surface area contributed by atoms with Gasteiger partial charge in [-0.25, -0.2) is 14.4 Å². The van der Waals surface area contributed by atoms with Crippen LogP contribution in [-0.4, -0.2) is 62.7 Å². The van der Waals surface area contributed by atoms with Crippen LogP contribution in [0.1, 0.15) is 19.2 Å². The van der Waals surface area contributed by atoms with Gasteiger partial charge in [-0.15, -0.1) is 10.2 Å². The Labute approximate surface area is 190 Å². The summed E-state index contributed by atoms with van der Waals surface area (Å²) in [6.45, 7) is 3.37. The van der Waals surface area contributed by atoms with Crippen LogP contribution in [0.15, 0.2) is 36.5 Å². The molecule has 0 bridgehead atoms.